The second kappa shape index (κ2) is 12.1. The number of amides is 3. The maximum atomic E-state index is 13.3. The van der Waals surface area contributed by atoms with Gasteiger partial charge < -0.3 is 24.6 Å². The van der Waals surface area contributed by atoms with Gasteiger partial charge in [-0.15, -0.1) is 0 Å². The van der Waals surface area contributed by atoms with E-state index in [1.807, 2.05) is 48.5 Å². The molecule has 40 heavy (non-hydrogen) atoms. The third-order valence-electron chi connectivity index (χ3n) is 7.21. The summed E-state index contributed by atoms with van der Waals surface area (Å²) >= 11 is 6.23. The Kier molecular flexibility index (Phi) is 8.37. The molecule has 0 spiro atoms. The molecule has 2 atom stereocenters. The summed E-state index contributed by atoms with van der Waals surface area (Å²) in [6.07, 6.45) is 2.37. The van der Waals surface area contributed by atoms with Crippen LogP contribution in [0.2, 0.25) is 5.02 Å². The third-order valence-corrected chi connectivity index (χ3v) is 7.49. The van der Waals surface area contributed by atoms with E-state index in [9.17, 15) is 14.4 Å². The van der Waals surface area contributed by atoms with E-state index < -0.39 is 6.04 Å². The number of ether oxygens (including phenoxy) is 2. The predicted octanol–water partition coefficient (Wildman–Crippen LogP) is 3.19. The number of benzene rings is 2. The van der Waals surface area contributed by atoms with Gasteiger partial charge in [0, 0.05) is 33.6 Å². The molecule has 0 radical (unpaired) electrons. The largest absolute Gasteiger partial charge is 0.457 e. The molecule has 11 heteroatoms. The number of hydrogen-bond donors (Lipinski definition) is 1. The molecule has 3 aromatic rings. The summed E-state index contributed by atoms with van der Waals surface area (Å²) in [5.74, 6) is 0.628. The van der Waals surface area contributed by atoms with Crippen LogP contribution in [0.25, 0.3) is 0 Å². The lowest BCUT2D eigenvalue weighted by Crippen LogP contribution is -2.58. The minimum absolute atomic E-state index is 0.102. The van der Waals surface area contributed by atoms with Gasteiger partial charge in [-0.05, 0) is 48.2 Å². The van der Waals surface area contributed by atoms with Crippen LogP contribution < -0.4 is 10.1 Å². The van der Waals surface area contributed by atoms with Crippen LogP contribution in [-0.2, 0) is 34.4 Å². The van der Waals surface area contributed by atoms with Gasteiger partial charge in [-0.1, -0.05) is 35.9 Å². The van der Waals surface area contributed by atoms with Crippen LogP contribution in [0.15, 0.2) is 54.7 Å². The smallest absolute Gasteiger partial charge is 0.273 e. The average molecular weight is 566 g/mol. The number of fused-ring (bicyclic) bond motifs is 5. The fraction of sp³-hybridized carbons (Fsp3) is 0.379. The van der Waals surface area contributed by atoms with Gasteiger partial charge in [0.05, 0.1) is 36.5 Å². The second-order valence-electron chi connectivity index (χ2n) is 10.2. The Balaban J connectivity index is 1.38. The van der Waals surface area contributed by atoms with Crippen LogP contribution >= 0.6 is 11.6 Å². The number of halogens is 1. The van der Waals surface area contributed by atoms with Gasteiger partial charge in [-0.3, -0.25) is 19.1 Å². The highest BCUT2D eigenvalue weighted by Crippen LogP contribution is 2.26. The van der Waals surface area contributed by atoms with Crippen LogP contribution in [0.4, 0.5) is 0 Å². The Hall–Kier alpha value is -3.89. The molecule has 4 bridgehead atoms. The summed E-state index contributed by atoms with van der Waals surface area (Å²) in [4.78, 5) is 42.2. The fourth-order valence-electron chi connectivity index (χ4n) is 5.05. The lowest BCUT2D eigenvalue weighted by Gasteiger charge is -2.39. The molecule has 3 heterocycles. The van der Waals surface area contributed by atoms with Crippen molar-refractivity contribution in [1.82, 2.24) is 24.9 Å². The summed E-state index contributed by atoms with van der Waals surface area (Å²) < 4.78 is 13.8. The number of nitrogens with one attached hydrogen (secondary N) is 1. The first-order valence-electron chi connectivity index (χ1n) is 13.2. The maximum absolute atomic E-state index is 13.3. The number of hydrogen-bond acceptors (Lipinski definition) is 6. The first-order valence-corrected chi connectivity index (χ1v) is 13.6. The van der Waals surface area contributed by atoms with Crippen molar-refractivity contribution in [2.24, 2.45) is 7.05 Å². The molecule has 1 N–H and O–H groups in total. The van der Waals surface area contributed by atoms with E-state index in [1.54, 1.807) is 19.0 Å². The summed E-state index contributed by atoms with van der Waals surface area (Å²) in [6.45, 7) is 0.852. The highest BCUT2D eigenvalue weighted by atomic mass is 35.5. The summed E-state index contributed by atoms with van der Waals surface area (Å²) in [6, 6.07) is 14.8. The minimum atomic E-state index is -0.487. The molecule has 0 aliphatic carbocycles. The van der Waals surface area contributed by atoms with Crippen molar-refractivity contribution in [3.63, 3.8) is 0 Å². The number of rotatable bonds is 1. The number of carbonyl (C=O) groups excluding carboxylic acids is 3. The highest BCUT2D eigenvalue weighted by molar-refractivity contribution is 6.33. The van der Waals surface area contributed by atoms with Gasteiger partial charge in [0.15, 0.2) is 0 Å². The normalized spacial score (nSPS) is 20.6. The van der Waals surface area contributed by atoms with Crippen LogP contribution in [0.3, 0.4) is 0 Å². The molecule has 3 amide bonds. The van der Waals surface area contributed by atoms with Crippen molar-refractivity contribution in [1.29, 1.82) is 0 Å². The standard InChI is InChI=1S/C29H32ClN5O5/c1-33-17-26(36)32-24-16-35(29(38)28-23(30)15-31-34(28)2)12-11-25(24)39-18-20-6-4-8-22(14-20)40-21-7-3-5-19(13-21)9-10-27(33)37/h3-8,13-15,24-25H,9-12,16-18H2,1-2H3,(H,32,36)/t24-,25+/m0/s1. The molecule has 5 rings (SSSR count). The van der Waals surface area contributed by atoms with Crippen molar-refractivity contribution in [2.45, 2.75) is 38.0 Å². The van der Waals surface area contributed by atoms with E-state index in [0.29, 0.717) is 43.2 Å². The molecule has 210 valence electrons. The van der Waals surface area contributed by atoms with Crippen LogP contribution in [0, 0.1) is 0 Å². The van der Waals surface area contributed by atoms with E-state index in [0.717, 1.165) is 11.1 Å². The van der Waals surface area contributed by atoms with Crippen molar-refractivity contribution >= 4 is 29.3 Å². The zero-order valence-electron chi connectivity index (χ0n) is 22.5. The van der Waals surface area contributed by atoms with Crippen molar-refractivity contribution in [3.05, 3.63) is 76.6 Å². The lowest BCUT2D eigenvalue weighted by atomic mass is 10.0. The number of likely N-dealkylation sites (tertiary alicyclic amines) is 1. The van der Waals surface area contributed by atoms with Crippen molar-refractivity contribution in [3.8, 4) is 11.5 Å². The van der Waals surface area contributed by atoms with E-state index in [-0.39, 0.29) is 48.4 Å². The second-order valence-corrected chi connectivity index (χ2v) is 10.6. The molecule has 1 fully saturated rings. The molecule has 0 saturated carbocycles. The molecule has 1 saturated heterocycles. The van der Waals surface area contributed by atoms with E-state index >= 15 is 0 Å². The molecule has 0 unspecified atom stereocenters. The van der Waals surface area contributed by atoms with E-state index in [4.69, 9.17) is 21.1 Å². The van der Waals surface area contributed by atoms with Crippen LogP contribution in [0.5, 0.6) is 11.5 Å². The Bertz CT molecular complexity index is 1390. The molecule has 1 aromatic heterocycles. The average Bonchev–Trinajstić information content (AvgIpc) is 3.27. The van der Waals surface area contributed by atoms with Crippen LogP contribution in [-0.4, -0.2) is 76.1 Å². The number of likely N-dealkylation sites (N-methyl/N-ethyl adjacent to an activating group) is 1. The number of aromatic nitrogens is 2. The molecule has 10 nitrogen and oxygen atoms in total. The van der Waals surface area contributed by atoms with Crippen LogP contribution in [0.1, 0.15) is 34.5 Å². The number of piperidine rings is 1. The number of nitrogens with zero attached hydrogens (tertiary/aromatic N) is 4. The molecule has 2 aliphatic heterocycles. The summed E-state index contributed by atoms with van der Waals surface area (Å²) in [7, 11) is 3.27. The number of aryl methyl sites for hydroxylation is 2. The Morgan fingerprint density at radius 2 is 1.77 bits per heavy atom. The van der Waals surface area contributed by atoms with Gasteiger partial charge in [-0.25, -0.2) is 0 Å². The minimum Gasteiger partial charge on any atom is -0.457 e. The van der Waals surface area contributed by atoms with E-state index in [2.05, 4.69) is 10.4 Å². The molecule has 2 aromatic carbocycles. The third kappa shape index (κ3) is 6.46. The maximum Gasteiger partial charge on any atom is 0.273 e. The first-order chi connectivity index (χ1) is 19.3. The summed E-state index contributed by atoms with van der Waals surface area (Å²) in [5, 5.41) is 7.35. The van der Waals surface area contributed by atoms with Gasteiger partial charge in [0.1, 0.15) is 17.2 Å². The monoisotopic (exact) mass is 565 g/mol. The fourth-order valence-corrected chi connectivity index (χ4v) is 5.30. The highest BCUT2D eigenvalue weighted by Gasteiger charge is 2.35. The Morgan fingerprint density at radius 3 is 2.50 bits per heavy atom. The Morgan fingerprint density at radius 1 is 1.05 bits per heavy atom. The molecule has 2 aliphatic rings. The lowest BCUT2D eigenvalue weighted by molar-refractivity contribution is -0.135. The van der Waals surface area contributed by atoms with Crippen molar-refractivity contribution in [2.75, 3.05) is 26.7 Å². The Labute approximate surface area is 237 Å². The van der Waals surface area contributed by atoms with Gasteiger partial charge in [-0.2, -0.15) is 5.10 Å². The first kappa shape index (κ1) is 27.7. The SMILES string of the molecule is CN1CC(=O)N[C@H]2CN(C(=O)c3c(Cl)cnn3C)CC[C@H]2OCc2cccc(c2)Oc2cccc(c2)CCC1=O. The predicted molar refractivity (Wildman–Crippen MR) is 148 cm³/mol. The summed E-state index contributed by atoms with van der Waals surface area (Å²) in [5.41, 5.74) is 2.18. The van der Waals surface area contributed by atoms with Gasteiger partial charge in [0.25, 0.3) is 5.91 Å². The molecular weight excluding hydrogens is 534 g/mol. The van der Waals surface area contributed by atoms with Gasteiger partial charge in [0.2, 0.25) is 11.8 Å². The molecular formula is C29H32ClN5O5. The van der Waals surface area contributed by atoms with Crippen molar-refractivity contribution < 1.29 is 23.9 Å². The zero-order chi connectivity index (χ0) is 28.2. The van der Waals surface area contributed by atoms with Gasteiger partial charge >= 0.3 is 0 Å². The van der Waals surface area contributed by atoms with E-state index in [1.165, 1.54) is 15.8 Å². The number of carbonyl (C=O) groups is 3. The topological polar surface area (TPSA) is 106 Å². The zero-order valence-corrected chi connectivity index (χ0v) is 23.3. The quantitative estimate of drug-likeness (QED) is 0.486.